The summed E-state index contributed by atoms with van der Waals surface area (Å²) in [6.45, 7) is 6.08. The van der Waals surface area contributed by atoms with Crippen LogP contribution in [0.2, 0.25) is 0 Å². The number of pyridine rings is 1. The van der Waals surface area contributed by atoms with Crippen LogP contribution in [-0.2, 0) is 10.0 Å². The molecule has 0 spiro atoms. The van der Waals surface area contributed by atoms with Gasteiger partial charge in [-0.15, -0.1) is 0 Å². The van der Waals surface area contributed by atoms with Gasteiger partial charge in [-0.05, 0) is 39.7 Å². The van der Waals surface area contributed by atoms with Crippen LogP contribution < -0.4 is 11.1 Å². The van der Waals surface area contributed by atoms with E-state index in [-0.39, 0.29) is 17.3 Å². The molecule has 1 aliphatic rings. The lowest BCUT2D eigenvalue weighted by atomic mass is 10.3. The summed E-state index contributed by atoms with van der Waals surface area (Å²) in [5, 5.41) is 6.86. The number of fused-ring (bicyclic) bond motifs is 1. The van der Waals surface area contributed by atoms with Gasteiger partial charge in [0, 0.05) is 18.3 Å². The molecule has 4 heterocycles. The second-order valence-electron chi connectivity index (χ2n) is 8.52. The van der Waals surface area contributed by atoms with Crippen molar-refractivity contribution in [3.05, 3.63) is 42.7 Å². The van der Waals surface area contributed by atoms with Crippen LogP contribution in [0.5, 0.6) is 0 Å². The molecule has 0 aliphatic heterocycles. The highest BCUT2D eigenvalue weighted by Crippen LogP contribution is 2.30. The minimum Gasteiger partial charge on any atom is -0.325 e. The number of anilines is 2. The number of hydrogen-bond donors (Lipinski definition) is 2. The topological polar surface area (TPSA) is 146 Å². The van der Waals surface area contributed by atoms with Gasteiger partial charge < -0.3 is 15.6 Å². The van der Waals surface area contributed by atoms with Gasteiger partial charge in [0.1, 0.15) is 23.0 Å². The van der Waals surface area contributed by atoms with E-state index >= 15 is 0 Å². The second kappa shape index (κ2) is 7.89. The zero-order valence-electron chi connectivity index (χ0n) is 18.5. The molecule has 172 valence electrons. The molecule has 1 saturated carbocycles. The number of hydrogen-bond acceptors (Lipinski definition) is 9. The second-order valence-corrected chi connectivity index (χ2v) is 10.6. The van der Waals surface area contributed by atoms with Crippen LogP contribution in [-0.4, -0.2) is 47.4 Å². The molecule has 3 N–H and O–H groups in total. The van der Waals surface area contributed by atoms with Crippen molar-refractivity contribution < 1.29 is 8.42 Å². The maximum Gasteiger partial charge on any atom is 0.256 e. The summed E-state index contributed by atoms with van der Waals surface area (Å²) in [7, 11) is -3.44. The Morgan fingerprint density at radius 3 is 2.61 bits per heavy atom. The Kier molecular flexibility index (Phi) is 5.13. The first-order chi connectivity index (χ1) is 15.7. The quantitative estimate of drug-likeness (QED) is 0.419. The van der Waals surface area contributed by atoms with Crippen LogP contribution in [0, 0.1) is 0 Å². The summed E-state index contributed by atoms with van der Waals surface area (Å²) < 4.78 is 27.9. The molecule has 0 amide bonds. The first kappa shape index (κ1) is 21.5. The predicted octanol–water partition coefficient (Wildman–Crippen LogP) is 2.77. The van der Waals surface area contributed by atoms with Crippen LogP contribution in [0.3, 0.4) is 0 Å². The summed E-state index contributed by atoms with van der Waals surface area (Å²) in [4.78, 5) is 17.9. The fraction of sp³-hybridized carbons (Fsp3) is 0.381. The van der Waals surface area contributed by atoms with Crippen molar-refractivity contribution in [1.29, 1.82) is 0 Å². The van der Waals surface area contributed by atoms with Crippen molar-refractivity contribution >= 4 is 32.7 Å². The molecule has 0 saturated heterocycles. The molecule has 33 heavy (non-hydrogen) atoms. The van der Waals surface area contributed by atoms with E-state index in [1.165, 1.54) is 12.4 Å². The minimum absolute atomic E-state index is 0.181. The van der Waals surface area contributed by atoms with Crippen molar-refractivity contribution in [3.8, 4) is 11.4 Å². The van der Waals surface area contributed by atoms with Gasteiger partial charge in [0.15, 0.2) is 5.82 Å². The summed E-state index contributed by atoms with van der Waals surface area (Å²) in [6, 6.07) is 3.61. The number of nitrogens with zero attached hydrogens (tertiary/aromatic N) is 7. The van der Waals surface area contributed by atoms with Gasteiger partial charge in [-0.3, -0.25) is 0 Å². The number of aromatic nitrogens is 7. The summed E-state index contributed by atoms with van der Waals surface area (Å²) in [5.41, 5.74) is 8.34. The molecule has 11 nitrogen and oxygen atoms in total. The number of nitrogens with one attached hydrogen (secondary N) is 1. The van der Waals surface area contributed by atoms with Gasteiger partial charge in [-0.25, -0.2) is 28.4 Å². The maximum atomic E-state index is 12.4. The van der Waals surface area contributed by atoms with Crippen LogP contribution in [0.1, 0.15) is 51.5 Å². The molecule has 0 bridgehead atoms. The third-order valence-electron chi connectivity index (χ3n) is 5.46. The van der Waals surface area contributed by atoms with E-state index < -0.39 is 10.0 Å². The Morgan fingerprint density at radius 1 is 1.12 bits per heavy atom. The predicted molar refractivity (Wildman–Crippen MR) is 124 cm³/mol. The van der Waals surface area contributed by atoms with Crippen molar-refractivity contribution in [2.75, 3.05) is 5.32 Å². The van der Waals surface area contributed by atoms with Crippen molar-refractivity contribution in [3.63, 3.8) is 0 Å². The highest BCUT2D eigenvalue weighted by molar-refractivity contribution is 7.90. The monoisotopic (exact) mass is 467 g/mol. The number of rotatable bonds is 7. The first-order valence-electron chi connectivity index (χ1n) is 10.8. The summed E-state index contributed by atoms with van der Waals surface area (Å²) >= 11 is 0. The number of nitrogens with two attached hydrogens (primary N) is 1. The van der Waals surface area contributed by atoms with Gasteiger partial charge in [0.25, 0.3) is 10.0 Å². The Balaban J connectivity index is 1.44. The molecule has 1 aliphatic carbocycles. The summed E-state index contributed by atoms with van der Waals surface area (Å²) in [6.07, 6.45) is 7.56. The van der Waals surface area contributed by atoms with Gasteiger partial charge >= 0.3 is 0 Å². The molecule has 0 radical (unpaired) electrons. The van der Waals surface area contributed by atoms with Gasteiger partial charge in [0.05, 0.1) is 41.0 Å². The zero-order chi connectivity index (χ0) is 23.3. The fourth-order valence-electron chi connectivity index (χ4n) is 3.73. The first-order valence-corrected chi connectivity index (χ1v) is 12.3. The molecular weight excluding hydrogens is 442 g/mol. The molecule has 1 atom stereocenters. The highest BCUT2D eigenvalue weighted by Gasteiger charge is 2.37. The molecule has 4 aromatic heterocycles. The molecule has 4 aromatic rings. The molecule has 5 rings (SSSR count). The van der Waals surface area contributed by atoms with Gasteiger partial charge in [0.2, 0.25) is 0 Å². The summed E-state index contributed by atoms with van der Waals surface area (Å²) in [5.74, 6) is 2.29. The average molecular weight is 468 g/mol. The van der Waals surface area contributed by atoms with Crippen LogP contribution in [0.15, 0.2) is 36.9 Å². The molecule has 0 unspecified atom stereocenters. The van der Waals surface area contributed by atoms with Gasteiger partial charge in [-0.1, -0.05) is 0 Å². The van der Waals surface area contributed by atoms with Crippen LogP contribution >= 0.6 is 0 Å². The van der Waals surface area contributed by atoms with E-state index in [2.05, 4.69) is 48.8 Å². The standard InChI is InChI=1S/C21H25N9O2S/c1-12(2)30-17-8-19(24-10-16(17)26-21(30)13(3)22)27-18-6-7-23-20(28-18)14-9-25-29(11-14)33(31,32)15-4-5-15/h6-13,15H,4-5,22H2,1-3H3,(H,23,24,27,28)/t13-/m1/s1. The van der Waals surface area contributed by atoms with E-state index in [0.29, 0.717) is 35.9 Å². The normalized spacial score (nSPS) is 15.3. The third-order valence-corrected chi connectivity index (χ3v) is 7.50. The Hall–Kier alpha value is -3.38. The molecular formula is C21H25N9O2S. The molecule has 12 heteroatoms. The van der Waals surface area contributed by atoms with Crippen molar-refractivity contribution in [1.82, 2.24) is 33.7 Å². The van der Waals surface area contributed by atoms with Crippen LogP contribution in [0.25, 0.3) is 22.4 Å². The van der Waals surface area contributed by atoms with Crippen LogP contribution in [0.4, 0.5) is 11.6 Å². The SMILES string of the molecule is CC(C)n1c([C@@H](C)N)nc2cnc(Nc3ccnc(-c4cnn(S(=O)(=O)C5CC5)c4)n3)cc21. The number of imidazole rings is 1. The van der Waals surface area contributed by atoms with E-state index in [0.717, 1.165) is 20.9 Å². The molecule has 1 fully saturated rings. The molecule has 0 aromatic carbocycles. The zero-order valence-corrected chi connectivity index (χ0v) is 19.4. The minimum atomic E-state index is -3.44. The lowest BCUT2D eigenvalue weighted by molar-refractivity contribution is 0.558. The maximum absolute atomic E-state index is 12.4. The van der Waals surface area contributed by atoms with Crippen molar-refractivity contribution in [2.45, 2.75) is 50.9 Å². The highest BCUT2D eigenvalue weighted by atomic mass is 32.2. The average Bonchev–Trinajstić information content (AvgIpc) is 3.39. The van der Waals surface area contributed by atoms with Gasteiger partial charge in [-0.2, -0.15) is 9.19 Å². The van der Waals surface area contributed by atoms with Crippen molar-refractivity contribution in [2.24, 2.45) is 5.73 Å². The van der Waals surface area contributed by atoms with E-state index in [1.807, 2.05) is 13.0 Å². The lowest BCUT2D eigenvalue weighted by Gasteiger charge is -2.15. The Bertz CT molecular complexity index is 1440. The smallest absolute Gasteiger partial charge is 0.256 e. The largest absolute Gasteiger partial charge is 0.325 e. The Morgan fingerprint density at radius 2 is 1.91 bits per heavy atom. The van der Waals surface area contributed by atoms with E-state index in [9.17, 15) is 8.42 Å². The fourth-order valence-corrected chi connectivity index (χ4v) is 5.20. The third kappa shape index (κ3) is 3.95. The van der Waals surface area contributed by atoms with E-state index in [4.69, 9.17) is 5.73 Å². The lowest BCUT2D eigenvalue weighted by Crippen LogP contribution is -2.17. The van der Waals surface area contributed by atoms with E-state index in [1.54, 1.807) is 18.5 Å². The Labute approximate surface area is 191 Å².